The van der Waals surface area contributed by atoms with Crippen molar-refractivity contribution < 1.29 is 14.3 Å². The van der Waals surface area contributed by atoms with Crippen molar-refractivity contribution in [1.82, 2.24) is 5.32 Å². The van der Waals surface area contributed by atoms with Crippen molar-refractivity contribution >= 4 is 35.6 Å². The Kier molecular flexibility index (Phi) is 5.03. The van der Waals surface area contributed by atoms with E-state index in [2.05, 4.69) is 16.0 Å². The summed E-state index contributed by atoms with van der Waals surface area (Å²) in [5.41, 5.74) is 1.31. The number of hydrogen-bond donors (Lipinski definition) is 3. The second kappa shape index (κ2) is 6.78. The zero-order valence-electron chi connectivity index (χ0n) is 11.5. The molecule has 0 aromatic heterocycles. The topological polar surface area (TPSA) is 79.5 Å². The fraction of sp³-hybridized carbons (Fsp3) is 0.429. The second-order valence-corrected chi connectivity index (χ2v) is 5.04. The number of hydrogen-bond acceptors (Lipinski definition) is 4. The van der Waals surface area contributed by atoms with Crippen LogP contribution < -0.4 is 20.7 Å². The minimum Gasteiger partial charge on any atom is -0.482 e. The van der Waals surface area contributed by atoms with E-state index >= 15 is 0 Å². The molecule has 0 bridgehead atoms. The molecular formula is C14H18ClN3O3. The van der Waals surface area contributed by atoms with Gasteiger partial charge >= 0.3 is 0 Å². The van der Waals surface area contributed by atoms with Crippen LogP contribution in [-0.4, -0.2) is 31.0 Å². The van der Waals surface area contributed by atoms with E-state index in [9.17, 15) is 9.59 Å². The highest BCUT2D eigenvalue weighted by molar-refractivity contribution is 5.98. The molecule has 21 heavy (non-hydrogen) atoms. The summed E-state index contributed by atoms with van der Waals surface area (Å²) in [6.45, 7) is 0.895. The minimum absolute atomic E-state index is 0. The van der Waals surface area contributed by atoms with E-state index in [4.69, 9.17) is 4.74 Å². The zero-order valence-corrected chi connectivity index (χ0v) is 12.3. The van der Waals surface area contributed by atoms with E-state index in [1.54, 1.807) is 18.2 Å². The van der Waals surface area contributed by atoms with Gasteiger partial charge in [0, 0.05) is 11.8 Å². The molecule has 2 aliphatic rings. The number of ether oxygens (including phenoxy) is 1. The van der Waals surface area contributed by atoms with Crippen molar-refractivity contribution in [1.29, 1.82) is 0 Å². The fourth-order valence-electron chi connectivity index (χ4n) is 2.46. The van der Waals surface area contributed by atoms with Gasteiger partial charge in [0.25, 0.3) is 5.91 Å². The van der Waals surface area contributed by atoms with E-state index in [-0.39, 0.29) is 36.9 Å². The van der Waals surface area contributed by atoms with Crippen LogP contribution in [0.4, 0.5) is 11.4 Å². The Labute approximate surface area is 129 Å². The van der Waals surface area contributed by atoms with Gasteiger partial charge in [-0.25, -0.2) is 0 Å². The number of carbonyl (C=O) groups is 2. The smallest absolute Gasteiger partial charge is 0.262 e. The molecule has 0 saturated carbocycles. The van der Waals surface area contributed by atoms with E-state index in [1.807, 2.05) is 0 Å². The number of fused-ring (bicyclic) bond motifs is 1. The molecule has 1 aromatic rings. The Hall–Kier alpha value is -1.79. The highest BCUT2D eigenvalue weighted by Crippen LogP contribution is 2.30. The van der Waals surface area contributed by atoms with E-state index in [0.29, 0.717) is 17.1 Å². The number of piperidine rings is 1. The van der Waals surface area contributed by atoms with Gasteiger partial charge < -0.3 is 20.7 Å². The molecule has 7 heteroatoms. The summed E-state index contributed by atoms with van der Waals surface area (Å²) in [5.74, 6) is 0.393. The molecule has 0 radical (unpaired) electrons. The van der Waals surface area contributed by atoms with Crippen LogP contribution in [0, 0.1) is 0 Å². The third-order valence-corrected chi connectivity index (χ3v) is 3.51. The van der Waals surface area contributed by atoms with E-state index < -0.39 is 0 Å². The average Bonchev–Trinajstić information content (AvgIpc) is 2.48. The van der Waals surface area contributed by atoms with Crippen LogP contribution in [-0.2, 0) is 9.59 Å². The third kappa shape index (κ3) is 3.65. The summed E-state index contributed by atoms with van der Waals surface area (Å²) >= 11 is 0. The first kappa shape index (κ1) is 15.6. The lowest BCUT2D eigenvalue weighted by atomic mass is 10.0. The van der Waals surface area contributed by atoms with E-state index in [0.717, 1.165) is 25.8 Å². The van der Waals surface area contributed by atoms with Gasteiger partial charge in [-0.2, -0.15) is 0 Å². The van der Waals surface area contributed by atoms with Crippen LogP contribution in [0.25, 0.3) is 0 Å². The van der Waals surface area contributed by atoms with Crippen molar-refractivity contribution in [2.24, 2.45) is 0 Å². The molecule has 1 fully saturated rings. The first-order valence-electron chi connectivity index (χ1n) is 6.83. The van der Waals surface area contributed by atoms with Crippen molar-refractivity contribution in [3.63, 3.8) is 0 Å². The summed E-state index contributed by atoms with van der Waals surface area (Å²) in [5, 5.41) is 8.80. The number of nitrogens with one attached hydrogen (secondary N) is 3. The Morgan fingerprint density at radius 1 is 1.33 bits per heavy atom. The quantitative estimate of drug-likeness (QED) is 0.773. The Bertz CT molecular complexity index is 544. The molecule has 2 aliphatic heterocycles. The van der Waals surface area contributed by atoms with Gasteiger partial charge in [-0.3, -0.25) is 9.59 Å². The number of anilines is 2. The number of amides is 2. The van der Waals surface area contributed by atoms with Crippen LogP contribution in [0.1, 0.15) is 19.3 Å². The summed E-state index contributed by atoms with van der Waals surface area (Å²) < 4.78 is 5.32. The van der Waals surface area contributed by atoms with Crippen molar-refractivity contribution in [2.75, 3.05) is 23.8 Å². The predicted octanol–water partition coefficient (Wildman–Crippen LogP) is 1.52. The zero-order chi connectivity index (χ0) is 13.9. The van der Waals surface area contributed by atoms with Gasteiger partial charge in [0.05, 0.1) is 11.7 Å². The number of rotatable bonds is 2. The Morgan fingerprint density at radius 2 is 2.19 bits per heavy atom. The van der Waals surface area contributed by atoms with Crippen molar-refractivity contribution in [3.8, 4) is 5.75 Å². The molecule has 0 spiro atoms. The fourth-order valence-corrected chi connectivity index (χ4v) is 2.46. The van der Waals surface area contributed by atoms with Crippen LogP contribution in [0.2, 0.25) is 0 Å². The van der Waals surface area contributed by atoms with E-state index in [1.165, 1.54) is 0 Å². The second-order valence-electron chi connectivity index (χ2n) is 5.04. The van der Waals surface area contributed by atoms with Gasteiger partial charge in [-0.15, -0.1) is 12.4 Å². The lowest BCUT2D eigenvalue weighted by molar-refractivity contribution is -0.119. The lowest BCUT2D eigenvalue weighted by Crippen LogP contribution is -2.43. The van der Waals surface area contributed by atoms with Gasteiger partial charge in [0.1, 0.15) is 5.75 Å². The van der Waals surface area contributed by atoms with Crippen LogP contribution in [0.5, 0.6) is 5.75 Å². The van der Waals surface area contributed by atoms with Gasteiger partial charge in [-0.1, -0.05) is 6.42 Å². The largest absolute Gasteiger partial charge is 0.482 e. The normalized spacial score (nSPS) is 20.4. The number of benzene rings is 1. The van der Waals surface area contributed by atoms with Crippen LogP contribution in [0.3, 0.4) is 0 Å². The molecule has 3 N–H and O–H groups in total. The molecule has 114 valence electrons. The molecule has 6 nitrogen and oxygen atoms in total. The highest BCUT2D eigenvalue weighted by Gasteiger charge is 2.21. The number of halogens is 1. The maximum atomic E-state index is 12.1. The maximum Gasteiger partial charge on any atom is 0.262 e. The third-order valence-electron chi connectivity index (χ3n) is 3.51. The maximum absolute atomic E-state index is 12.1. The molecular weight excluding hydrogens is 294 g/mol. The number of carbonyl (C=O) groups excluding carboxylic acids is 2. The molecule has 2 amide bonds. The molecule has 2 heterocycles. The minimum atomic E-state index is -0.166. The molecule has 3 rings (SSSR count). The van der Waals surface area contributed by atoms with Crippen molar-refractivity contribution in [2.45, 2.75) is 25.3 Å². The molecule has 0 aliphatic carbocycles. The molecule has 1 unspecified atom stereocenters. The lowest BCUT2D eigenvalue weighted by Gasteiger charge is -2.23. The van der Waals surface area contributed by atoms with Gasteiger partial charge in [0.2, 0.25) is 5.91 Å². The summed E-state index contributed by atoms with van der Waals surface area (Å²) in [4.78, 5) is 23.3. The SMILES string of the molecule is Cl.O=C1COc2cc(NC(=O)C3CCCCN3)ccc2N1. The molecule has 1 saturated heterocycles. The standard InChI is InChI=1S/C14H17N3O3.ClH/c18-13-8-20-12-7-9(4-5-10(12)17-13)16-14(19)11-3-1-2-6-15-11;/h4-5,7,11,15H,1-3,6,8H2,(H,16,19)(H,17,18);1H. The summed E-state index contributed by atoms with van der Waals surface area (Å²) in [6.07, 6.45) is 3.06. The van der Waals surface area contributed by atoms with Gasteiger partial charge in [-0.05, 0) is 31.5 Å². The predicted molar refractivity (Wildman–Crippen MR) is 82.1 cm³/mol. The highest BCUT2D eigenvalue weighted by atomic mass is 35.5. The van der Waals surface area contributed by atoms with Gasteiger partial charge in [0.15, 0.2) is 6.61 Å². The van der Waals surface area contributed by atoms with Crippen LogP contribution in [0.15, 0.2) is 18.2 Å². The Morgan fingerprint density at radius 3 is 2.95 bits per heavy atom. The van der Waals surface area contributed by atoms with Crippen LogP contribution >= 0.6 is 12.4 Å². The first-order valence-corrected chi connectivity index (χ1v) is 6.83. The average molecular weight is 312 g/mol. The first-order chi connectivity index (χ1) is 9.72. The molecule has 1 aromatic carbocycles. The Balaban J connectivity index is 0.00000161. The van der Waals surface area contributed by atoms with Crippen molar-refractivity contribution in [3.05, 3.63) is 18.2 Å². The molecule has 1 atom stereocenters. The summed E-state index contributed by atoms with van der Waals surface area (Å²) in [6, 6.07) is 5.10. The summed E-state index contributed by atoms with van der Waals surface area (Å²) in [7, 11) is 0. The monoisotopic (exact) mass is 311 g/mol.